The van der Waals surface area contributed by atoms with E-state index in [0.717, 1.165) is 28.2 Å². The molecule has 1 aliphatic rings. The molecule has 0 aliphatic carbocycles. The van der Waals surface area contributed by atoms with Gasteiger partial charge < -0.3 is 9.47 Å². The number of benzene rings is 3. The number of amides is 2. The summed E-state index contributed by atoms with van der Waals surface area (Å²) in [6, 6.07) is 20.6. The molecule has 3 aromatic rings. The molecule has 2 amide bonds. The van der Waals surface area contributed by atoms with Gasteiger partial charge in [0.05, 0.1) is 17.5 Å². The van der Waals surface area contributed by atoms with Crippen LogP contribution in [0.2, 0.25) is 0 Å². The van der Waals surface area contributed by atoms with Crippen LogP contribution in [0.15, 0.2) is 78.9 Å². The van der Waals surface area contributed by atoms with Gasteiger partial charge in [-0.1, -0.05) is 60.7 Å². The molecule has 0 radical (unpaired) electrons. The molecule has 0 aromatic heterocycles. The third kappa shape index (κ3) is 5.31. The zero-order valence-corrected chi connectivity index (χ0v) is 19.2. The van der Waals surface area contributed by atoms with E-state index in [1.165, 1.54) is 13.0 Å². The molecule has 1 fully saturated rings. The molecule has 1 aliphatic heterocycles. The molecular formula is C27H24F3NO4. The standard InChI is InChI=1S/C27H24F3NO4/c1-17(25(32)31-18(2)24(35-26(31)33)20-11-7-4-8-12-20)21-13-22(27(28,29)30)15-23(14-21)34-16-19-9-5-3-6-10-19/h3-15,17-18,24H,16H2,1-2H3/t17?,18-,24-/m1/s1. The van der Waals surface area contributed by atoms with Gasteiger partial charge in [-0.05, 0) is 48.7 Å². The SMILES string of the molecule is CC(C(=O)N1C(=O)O[C@@H](c2ccccc2)[C@H]1C)c1cc(OCc2ccccc2)cc(C(F)(F)F)c1. The number of ether oxygens (including phenoxy) is 2. The first-order valence-electron chi connectivity index (χ1n) is 11.1. The highest BCUT2D eigenvalue weighted by Gasteiger charge is 2.45. The van der Waals surface area contributed by atoms with E-state index in [-0.39, 0.29) is 17.9 Å². The molecule has 182 valence electrons. The van der Waals surface area contributed by atoms with E-state index in [1.807, 2.05) is 12.1 Å². The van der Waals surface area contributed by atoms with Gasteiger partial charge >= 0.3 is 12.3 Å². The van der Waals surface area contributed by atoms with E-state index in [2.05, 4.69) is 0 Å². The first-order valence-corrected chi connectivity index (χ1v) is 11.1. The number of hydrogen-bond donors (Lipinski definition) is 0. The van der Waals surface area contributed by atoms with E-state index in [9.17, 15) is 22.8 Å². The molecule has 1 heterocycles. The van der Waals surface area contributed by atoms with Gasteiger partial charge in [0.2, 0.25) is 5.91 Å². The maximum absolute atomic E-state index is 13.6. The monoisotopic (exact) mass is 483 g/mol. The number of cyclic esters (lactones) is 1. The zero-order chi connectivity index (χ0) is 25.2. The van der Waals surface area contributed by atoms with Crippen molar-refractivity contribution < 1.29 is 32.2 Å². The van der Waals surface area contributed by atoms with E-state index in [1.54, 1.807) is 55.5 Å². The first kappa shape index (κ1) is 24.3. The van der Waals surface area contributed by atoms with Crippen LogP contribution < -0.4 is 4.74 Å². The Morgan fingerprint density at radius 2 is 1.66 bits per heavy atom. The predicted molar refractivity (Wildman–Crippen MR) is 123 cm³/mol. The largest absolute Gasteiger partial charge is 0.489 e. The Hall–Kier alpha value is -3.81. The molecule has 8 heteroatoms. The first-order chi connectivity index (χ1) is 16.6. The molecule has 35 heavy (non-hydrogen) atoms. The van der Waals surface area contributed by atoms with Crippen molar-refractivity contribution >= 4 is 12.0 Å². The molecule has 1 saturated heterocycles. The third-order valence-corrected chi connectivity index (χ3v) is 6.01. The summed E-state index contributed by atoms with van der Waals surface area (Å²) in [6.07, 6.45) is -6.12. The number of alkyl halides is 3. The minimum Gasteiger partial charge on any atom is -0.489 e. The molecule has 1 unspecified atom stereocenters. The molecule has 3 aromatic carbocycles. The number of carbonyl (C=O) groups is 2. The van der Waals surface area contributed by atoms with Crippen molar-refractivity contribution in [2.75, 3.05) is 0 Å². The number of halogens is 3. The van der Waals surface area contributed by atoms with E-state index < -0.39 is 41.8 Å². The van der Waals surface area contributed by atoms with Crippen LogP contribution in [-0.4, -0.2) is 22.9 Å². The summed E-state index contributed by atoms with van der Waals surface area (Å²) in [4.78, 5) is 26.9. The Morgan fingerprint density at radius 1 is 1.03 bits per heavy atom. The fraction of sp³-hybridized carbons (Fsp3) is 0.259. The Bertz CT molecular complexity index is 1200. The minimum absolute atomic E-state index is 0.0162. The number of imide groups is 1. The van der Waals surface area contributed by atoms with Crippen molar-refractivity contribution in [2.45, 2.75) is 44.7 Å². The Kier molecular flexibility index (Phi) is 6.82. The fourth-order valence-electron chi connectivity index (χ4n) is 4.06. The maximum Gasteiger partial charge on any atom is 0.417 e. The number of carbonyl (C=O) groups excluding carboxylic acids is 2. The lowest BCUT2D eigenvalue weighted by Gasteiger charge is -2.23. The molecule has 0 bridgehead atoms. The van der Waals surface area contributed by atoms with Crippen LogP contribution in [-0.2, 0) is 22.3 Å². The lowest BCUT2D eigenvalue weighted by atomic mass is 9.95. The van der Waals surface area contributed by atoms with Gasteiger partial charge in [0.1, 0.15) is 18.5 Å². The van der Waals surface area contributed by atoms with Gasteiger partial charge in [0.25, 0.3) is 0 Å². The van der Waals surface area contributed by atoms with Crippen LogP contribution in [0.5, 0.6) is 5.75 Å². The van der Waals surface area contributed by atoms with Crippen molar-refractivity contribution in [1.82, 2.24) is 4.90 Å². The summed E-state index contributed by atoms with van der Waals surface area (Å²) in [6.45, 7) is 3.21. The van der Waals surface area contributed by atoms with Gasteiger partial charge in [-0.3, -0.25) is 4.79 Å². The highest BCUT2D eigenvalue weighted by molar-refractivity contribution is 5.97. The second-order valence-electron chi connectivity index (χ2n) is 8.45. The van der Waals surface area contributed by atoms with Gasteiger partial charge in [-0.2, -0.15) is 13.2 Å². The van der Waals surface area contributed by atoms with Gasteiger partial charge in [-0.25, -0.2) is 9.69 Å². The maximum atomic E-state index is 13.6. The lowest BCUT2D eigenvalue weighted by molar-refractivity contribution is -0.138. The summed E-state index contributed by atoms with van der Waals surface area (Å²) in [7, 11) is 0. The van der Waals surface area contributed by atoms with Gasteiger partial charge in [0.15, 0.2) is 0 Å². The van der Waals surface area contributed by atoms with E-state index in [4.69, 9.17) is 9.47 Å². The van der Waals surface area contributed by atoms with Crippen LogP contribution in [0.4, 0.5) is 18.0 Å². The van der Waals surface area contributed by atoms with Gasteiger partial charge in [0, 0.05) is 0 Å². The fourth-order valence-corrected chi connectivity index (χ4v) is 4.06. The minimum atomic E-state index is -4.64. The summed E-state index contributed by atoms with van der Waals surface area (Å²) in [5.41, 5.74) is 0.677. The summed E-state index contributed by atoms with van der Waals surface area (Å²) < 4.78 is 51.9. The highest BCUT2D eigenvalue weighted by atomic mass is 19.4. The molecule has 4 rings (SSSR count). The molecule has 5 nitrogen and oxygen atoms in total. The molecule has 3 atom stereocenters. The summed E-state index contributed by atoms with van der Waals surface area (Å²) in [5, 5.41) is 0. The van der Waals surface area contributed by atoms with Crippen molar-refractivity contribution in [2.24, 2.45) is 0 Å². The predicted octanol–water partition coefficient (Wildman–Crippen LogP) is 6.50. The van der Waals surface area contributed by atoms with Crippen LogP contribution >= 0.6 is 0 Å². The molecule has 0 saturated carbocycles. The smallest absolute Gasteiger partial charge is 0.417 e. The second kappa shape index (κ2) is 9.82. The molecular weight excluding hydrogens is 459 g/mol. The highest BCUT2D eigenvalue weighted by Crippen LogP contribution is 2.37. The quantitative estimate of drug-likeness (QED) is 0.402. The van der Waals surface area contributed by atoms with Crippen LogP contribution in [0.3, 0.4) is 0 Å². The molecule has 0 spiro atoms. The Balaban J connectivity index is 1.59. The van der Waals surface area contributed by atoms with Crippen LogP contribution in [0.25, 0.3) is 0 Å². The van der Waals surface area contributed by atoms with Crippen LogP contribution in [0, 0.1) is 0 Å². The number of hydrogen-bond acceptors (Lipinski definition) is 4. The lowest BCUT2D eigenvalue weighted by Crippen LogP contribution is -2.40. The average Bonchev–Trinajstić information content (AvgIpc) is 3.16. The van der Waals surface area contributed by atoms with Crippen molar-refractivity contribution in [3.8, 4) is 5.75 Å². The normalized spacial score (nSPS) is 18.8. The number of nitrogens with zero attached hydrogens (tertiary/aromatic N) is 1. The third-order valence-electron chi connectivity index (χ3n) is 6.01. The summed E-state index contributed by atoms with van der Waals surface area (Å²) in [5.74, 6) is -1.70. The van der Waals surface area contributed by atoms with Crippen molar-refractivity contribution in [3.05, 3.63) is 101 Å². The van der Waals surface area contributed by atoms with Gasteiger partial charge in [-0.15, -0.1) is 0 Å². The van der Waals surface area contributed by atoms with Crippen molar-refractivity contribution in [1.29, 1.82) is 0 Å². The Labute approximate surface area is 201 Å². The number of rotatable bonds is 6. The van der Waals surface area contributed by atoms with Crippen LogP contribution in [0.1, 0.15) is 48.1 Å². The molecule has 0 N–H and O–H groups in total. The summed E-state index contributed by atoms with van der Waals surface area (Å²) >= 11 is 0. The van der Waals surface area contributed by atoms with E-state index in [0.29, 0.717) is 0 Å². The topological polar surface area (TPSA) is 55.8 Å². The zero-order valence-electron chi connectivity index (χ0n) is 19.2. The van der Waals surface area contributed by atoms with E-state index >= 15 is 0 Å². The average molecular weight is 483 g/mol. The second-order valence-corrected chi connectivity index (χ2v) is 8.45. The van der Waals surface area contributed by atoms with Crippen molar-refractivity contribution in [3.63, 3.8) is 0 Å². The Morgan fingerprint density at radius 3 is 2.29 bits per heavy atom.